The van der Waals surface area contributed by atoms with Crippen molar-refractivity contribution in [2.45, 2.75) is 46.1 Å². The van der Waals surface area contributed by atoms with Crippen LogP contribution in [0.15, 0.2) is 35.3 Å². The molecule has 3 rings (SSSR count). The van der Waals surface area contributed by atoms with Crippen LogP contribution in [0.5, 0.6) is 0 Å². The van der Waals surface area contributed by atoms with Gasteiger partial charge in [0.05, 0.1) is 12.2 Å². The monoisotopic (exact) mass is 436 g/mol. The van der Waals surface area contributed by atoms with Crippen LogP contribution in [-0.2, 0) is 13.1 Å². The van der Waals surface area contributed by atoms with Crippen molar-refractivity contribution in [3.05, 3.63) is 52.8 Å². The summed E-state index contributed by atoms with van der Waals surface area (Å²) in [7, 11) is 1.70. The molecule has 1 aliphatic rings. The highest BCUT2D eigenvalue weighted by atomic mass is 19.4. The summed E-state index contributed by atoms with van der Waals surface area (Å²) in [6, 6.07) is 8.76. The van der Waals surface area contributed by atoms with Crippen LogP contribution in [-0.4, -0.2) is 71.0 Å². The number of hydrogen-bond acceptors (Lipinski definition) is 3. The Kier molecular flexibility index (Phi) is 7.25. The minimum atomic E-state index is -4.20. The maximum Gasteiger partial charge on any atom is 0.403 e. The highest BCUT2D eigenvalue weighted by molar-refractivity contribution is 5.80. The van der Waals surface area contributed by atoms with E-state index in [1.165, 1.54) is 17.4 Å². The molecule has 0 bridgehead atoms. The molecular formula is C22H31F3N6. The van der Waals surface area contributed by atoms with Crippen molar-refractivity contribution in [1.29, 1.82) is 0 Å². The first-order chi connectivity index (χ1) is 14.7. The number of guanidine groups is 1. The molecule has 0 saturated carbocycles. The quantitative estimate of drug-likeness (QED) is 0.578. The van der Waals surface area contributed by atoms with Gasteiger partial charge in [0.2, 0.25) is 0 Å². The maximum absolute atomic E-state index is 13.0. The zero-order valence-corrected chi connectivity index (χ0v) is 18.6. The number of piperazine rings is 1. The number of benzene rings is 1. The van der Waals surface area contributed by atoms with Crippen molar-refractivity contribution in [2.75, 3.05) is 33.2 Å². The van der Waals surface area contributed by atoms with Gasteiger partial charge in [0.15, 0.2) is 5.96 Å². The van der Waals surface area contributed by atoms with E-state index in [1.54, 1.807) is 7.05 Å². The van der Waals surface area contributed by atoms with Gasteiger partial charge in [-0.1, -0.05) is 30.3 Å². The fraction of sp³-hybridized carbons (Fsp3) is 0.545. The number of aliphatic imine (C=N–C) groups is 1. The number of aromatic nitrogens is 2. The molecule has 1 aromatic heterocycles. The molecule has 170 valence electrons. The minimum absolute atomic E-state index is 0.356. The van der Waals surface area contributed by atoms with Gasteiger partial charge in [0.25, 0.3) is 0 Å². The second-order valence-electron chi connectivity index (χ2n) is 7.93. The van der Waals surface area contributed by atoms with Crippen LogP contribution < -0.4 is 5.32 Å². The van der Waals surface area contributed by atoms with Gasteiger partial charge in [-0.2, -0.15) is 18.3 Å². The molecule has 1 unspecified atom stereocenters. The predicted molar refractivity (Wildman–Crippen MR) is 116 cm³/mol. The van der Waals surface area contributed by atoms with Crippen LogP contribution in [0.25, 0.3) is 0 Å². The first kappa shape index (κ1) is 23.1. The lowest BCUT2D eigenvalue weighted by molar-refractivity contribution is -0.181. The van der Waals surface area contributed by atoms with Gasteiger partial charge in [-0.05, 0) is 26.3 Å². The average Bonchev–Trinajstić information content (AvgIpc) is 3.01. The van der Waals surface area contributed by atoms with Gasteiger partial charge in [-0.3, -0.25) is 14.6 Å². The number of aryl methyl sites for hydroxylation is 1. The van der Waals surface area contributed by atoms with Crippen LogP contribution in [0.4, 0.5) is 13.2 Å². The summed E-state index contributed by atoms with van der Waals surface area (Å²) in [6.45, 7) is 8.27. The SMILES string of the molecule is CN=C(NCc1c(C)nn(Cc2ccccc2)c1C)N1CCN(C(C)C(F)(F)F)CC1. The minimum Gasteiger partial charge on any atom is -0.352 e. The first-order valence-corrected chi connectivity index (χ1v) is 10.5. The lowest BCUT2D eigenvalue weighted by Crippen LogP contribution is -2.56. The Labute approximate surface area is 181 Å². The Morgan fingerprint density at radius 3 is 2.35 bits per heavy atom. The van der Waals surface area contributed by atoms with Crippen molar-refractivity contribution in [3.8, 4) is 0 Å². The van der Waals surface area contributed by atoms with Crippen LogP contribution in [0.1, 0.15) is 29.4 Å². The Hall–Kier alpha value is -2.55. The Bertz CT molecular complexity index is 883. The third-order valence-electron chi connectivity index (χ3n) is 5.98. The molecule has 0 aliphatic carbocycles. The van der Waals surface area contributed by atoms with E-state index in [4.69, 9.17) is 0 Å². The summed E-state index contributed by atoms with van der Waals surface area (Å²) >= 11 is 0. The normalized spacial score (nSPS) is 17.1. The second kappa shape index (κ2) is 9.72. The molecule has 1 saturated heterocycles. The molecule has 1 N–H and O–H groups in total. The molecule has 2 aromatic rings. The summed E-state index contributed by atoms with van der Waals surface area (Å²) in [4.78, 5) is 7.83. The molecule has 1 aromatic carbocycles. The highest BCUT2D eigenvalue weighted by Gasteiger charge is 2.41. The van der Waals surface area contributed by atoms with Crippen molar-refractivity contribution in [3.63, 3.8) is 0 Å². The zero-order chi connectivity index (χ0) is 22.6. The molecule has 1 atom stereocenters. The van der Waals surface area contributed by atoms with E-state index in [0.717, 1.165) is 17.0 Å². The fourth-order valence-corrected chi connectivity index (χ4v) is 3.93. The Morgan fingerprint density at radius 2 is 1.77 bits per heavy atom. The number of nitrogens with zero attached hydrogens (tertiary/aromatic N) is 5. The van der Waals surface area contributed by atoms with Crippen LogP contribution in [0.2, 0.25) is 0 Å². The van der Waals surface area contributed by atoms with Gasteiger partial charge >= 0.3 is 6.18 Å². The van der Waals surface area contributed by atoms with E-state index in [0.29, 0.717) is 45.2 Å². The molecule has 2 heterocycles. The molecule has 1 fully saturated rings. The van der Waals surface area contributed by atoms with E-state index < -0.39 is 12.2 Å². The lowest BCUT2D eigenvalue weighted by atomic mass is 10.2. The van der Waals surface area contributed by atoms with E-state index in [-0.39, 0.29) is 0 Å². The van der Waals surface area contributed by atoms with E-state index >= 15 is 0 Å². The Morgan fingerprint density at radius 1 is 1.13 bits per heavy atom. The second-order valence-corrected chi connectivity index (χ2v) is 7.93. The van der Waals surface area contributed by atoms with E-state index in [9.17, 15) is 13.2 Å². The fourth-order valence-electron chi connectivity index (χ4n) is 3.93. The van der Waals surface area contributed by atoms with E-state index in [2.05, 4.69) is 34.5 Å². The molecule has 0 spiro atoms. The molecular weight excluding hydrogens is 405 g/mol. The third kappa shape index (κ3) is 5.58. The summed E-state index contributed by atoms with van der Waals surface area (Å²) in [5.74, 6) is 0.703. The number of rotatable bonds is 5. The smallest absolute Gasteiger partial charge is 0.352 e. The van der Waals surface area contributed by atoms with Gasteiger partial charge in [0, 0.05) is 51.0 Å². The molecule has 1 aliphatic heterocycles. The number of nitrogens with one attached hydrogen (secondary N) is 1. The largest absolute Gasteiger partial charge is 0.403 e. The van der Waals surface area contributed by atoms with Crippen LogP contribution in [0, 0.1) is 13.8 Å². The molecule has 9 heteroatoms. The van der Waals surface area contributed by atoms with E-state index in [1.807, 2.05) is 34.7 Å². The van der Waals surface area contributed by atoms with Gasteiger partial charge in [0.1, 0.15) is 6.04 Å². The van der Waals surface area contributed by atoms with Crippen molar-refractivity contribution < 1.29 is 13.2 Å². The number of halogens is 3. The Balaban J connectivity index is 1.59. The average molecular weight is 437 g/mol. The number of alkyl halides is 3. The first-order valence-electron chi connectivity index (χ1n) is 10.5. The van der Waals surface area contributed by atoms with Crippen molar-refractivity contribution in [2.24, 2.45) is 4.99 Å². The van der Waals surface area contributed by atoms with Gasteiger partial charge in [-0.15, -0.1) is 0 Å². The maximum atomic E-state index is 13.0. The summed E-state index contributed by atoms with van der Waals surface area (Å²) in [6.07, 6.45) is -4.20. The van der Waals surface area contributed by atoms with Gasteiger partial charge < -0.3 is 10.2 Å². The third-order valence-corrected chi connectivity index (χ3v) is 5.98. The van der Waals surface area contributed by atoms with Crippen LogP contribution in [0.3, 0.4) is 0 Å². The van der Waals surface area contributed by atoms with Gasteiger partial charge in [-0.25, -0.2) is 0 Å². The van der Waals surface area contributed by atoms with Crippen molar-refractivity contribution in [1.82, 2.24) is 24.9 Å². The predicted octanol–water partition coefficient (Wildman–Crippen LogP) is 3.19. The summed E-state index contributed by atoms with van der Waals surface area (Å²) in [5, 5.41) is 8.05. The zero-order valence-electron chi connectivity index (χ0n) is 18.6. The lowest BCUT2D eigenvalue weighted by Gasteiger charge is -2.39. The standard InChI is InChI=1S/C22H31F3N6/c1-16-20(17(2)31(28-16)15-19-8-6-5-7-9-19)14-27-21(26-4)30-12-10-29(11-13-30)18(3)22(23,24)25/h5-9,18H,10-15H2,1-4H3,(H,26,27). The molecule has 31 heavy (non-hydrogen) atoms. The van der Waals surface area contributed by atoms with Crippen LogP contribution >= 0.6 is 0 Å². The molecule has 0 radical (unpaired) electrons. The molecule has 6 nitrogen and oxygen atoms in total. The topological polar surface area (TPSA) is 48.7 Å². The summed E-state index contributed by atoms with van der Waals surface area (Å²) in [5.41, 5.74) is 4.35. The number of hydrogen-bond donors (Lipinski definition) is 1. The van der Waals surface area contributed by atoms with Crippen molar-refractivity contribution >= 4 is 5.96 Å². The summed E-state index contributed by atoms with van der Waals surface area (Å²) < 4.78 is 40.9. The highest BCUT2D eigenvalue weighted by Crippen LogP contribution is 2.25. The molecule has 0 amide bonds.